The average molecular weight is 319 g/mol. The Balaban J connectivity index is 1.96. The van der Waals surface area contributed by atoms with Crippen molar-refractivity contribution in [2.45, 2.75) is 26.4 Å². The maximum atomic E-state index is 12.0. The minimum Gasteiger partial charge on any atom is -0.491 e. The fourth-order valence-electron chi connectivity index (χ4n) is 1.79. The number of halogens is 1. The standard InChI is InChI=1S/C17H19ClN2O2/c1-3-12(2)22-16-6-4-5-15(11-16)20-17(21)19-14-9-7-13(18)8-10-14/h4-12H,3H2,1-2H3,(H2,19,20,21). The van der Waals surface area contributed by atoms with Gasteiger partial charge in [0.2, 0.25) is 0 Å². The van der Waals surface area contributed by atoms with Crippen molar-refractivity contribution >= 4 is 29.0 Å². The van der Waals surface area contributed by atoms with Crippen LogP contribution < -0.4 is 15.4 Å². The van der Waals surface area contributed by atoms with Crippen LogP contribution in [0.4, 0.5) is 16.2 Å². The minimum absolute atomic E-state index is 0.137. The topological polar surface area (TPSA) is 50.4 Å². The summed E-state index contributed by atoms with van der Waals surface area (Å²) in [6.45, 7) is 4.07. The quantitative estimate of drug-likeness (QED) is 0.799. The average Bonchev–Trinajstić information content (AvgIpc) is 2.49. The van der Waals surface area contributed by atoms with Gasteiger partial charge < -0.3 is 15.4 Å². The molecule has 0 saturated heterocycles. The van der Waals surface area contributed by atoms with Crippen molar-refractivity contribution in [3.63, 3.8) is 0 Å². The Morgan fingerprint density at radius 3 is 2.50 bits per heavy atom. The molecule has 0 heterocycles. The summed E-state index contributed by atoms with van der Waals surface area (Å²) in [5.74, 6) is 0.735. The van der Waals surface area contributed by atoms with Crippen LogP contribution in [0, 0.1) is 0 Å². The summed E-state index contributed by atoms with van der Waals surface area (Å²) in [5.41, 5.74) is 1.35. The number of rotatable bonds is 5. The van der Waals surface area contributed by atoms with Crippen molar-refractivity contribution in [2.24, 2.45) is 0 Å². The van der Waals surface area contributed by atoms with E-state index in [0.717, 1.165) is 12.2 Å². The molecule has 22 heavy (non-hydrogen) atoms. The van der Waals surface area contributed by atoms with Crippen molar-refractivity contribution in [3.05, 3.63) is 53.6 Å². The smallest absolute Gasteiger partial charge is 0.323 e. The molecule has 0 fully saturated rings. The van der Waals surface area contributed by atoms with Gasteiger partial charge in [0.15, 0.2) is 0 Å². The highest BCUT2D eigenvalue weighted by Gasteiger charge is 2.05. The first-order valence-corrected chi connectivity index (χ1v) is 7.55. The lowest BCUT2D eigenvalue weighted by molar-refractivity contribution is 0.217. The maximum Gasteiger partial charge on any atom is 0.323 e. The molecule has 2 aromatic carbocycles. The molecule has 0 aliphatic rings. The highest BCUT2D eigenvalue weighted by atomic mass is 35.5. The maximum absolute atomic E-state index is 12.0. The van der Waals surface area contributed by atoms with Crippen LogP contribution in [0.15, 0.2) is 48.5 Å². The molecule has 0 aliphatic carbocycles. The van der Waals surface area contributed by atoms with Crippen LogP contribution in [0.1, 0.15) is 20.3 Å². The van der Waals surface area contributed by atoms with Gasteiger partial charge in [-0.15, -0.1) is 0 Å². The molecule has 1 unspecified atom stereocenters. The lowest BCUT2D eigenvalue weighted by atomic mass is 10.2. The number of urea groups is 1. The first-order valence-electron chi connectivity index (χ1n) is 7.17. The summed E-state index contributed by atoms with van der Waals surface area (Å²) in [4.78, 5) is 12.0. The number of nitrogens with one attached hydrogen (secondary N) is 2. The van der Waals surface area contributed by atoms with Crippen LogP contribution in [0.5, 0.6) is 5.75 Å². The molecule has 2 aromatic rings. The van der Waals surface area contributed by atoms with E-state index < -0.39 is 0 Å². The van der Waals surface area contributed by atoms with E-state index in [4.69, 9.17) is 16.3 Å². The van der Waals surface area contributed by atoms with Crippen molar-refractivity contribution in [1.82, 2.24) is 0 Å². The highest BCUT2D eigenvalue weighted by Crippen LogP contribution is 2.20. The van der Waals surface area contributed by atoms with Crippen molar-refractivity contribution in [1.29, 1.82) is 0 Å². The van der Waals surface area contributed by atoms with Crippen LogP contribution >= 0.6 is 11.6 Å². The van der Waals surface area contributed by atoms with Gasteiger partial charge >= 0.3 is 6.03 Å². The van der Waals surface area contributed by atoms with Crippen LogP contribution in [0.2, 0.25) is 5.02 Å². The summed E-state index contributed by atoms with van der Waals surface area (Å²) in [5, 5.41) is 6.14. The Labute approximate surface area is 135 Å². The molecule has 2 N–H and O–H groups in total. The third-order valence-corrected chi connectivity index (χ3v) is 3.36. The van der Waals surface area contributed by atoms with E-state index in [-0.39, 0.29) is 12.1 Å². The third-order valence-electron chi connectivity index (χ3n) is 3.11. The van der Waals surface area contributed by atoms with E-state index in [2.05, 4.69) is 17.6 Å². The second-order valence-electron chi connectivity index (χ2n) is 4.95. The van der Waals surface area contributed by atoms with E-state index >= 15 is 0 Å². The zero-order chi connectivity index (χ0) is 15.9. The molecular weight excluding hydrogens is 300 g/mol. The number of anilines is 2. The van der Waals surface area contributed by atoms with E-state index in [9.17, 15) is 4.79 Å². The Morgan fingerprint density at radius 1 is 1.14 bits per heavy atom. The number of carbonyl (C=O) groups is 1. The summed E-state index contributed by atoms with van der Waals surface area (Å²) >= 11 is 5.81. The molecule has 0 saturated carbocycles. The molecule has 1 atom stereocenters. The van der Waals surface area contributed by atoms with Gasteiger partial charge in [-0.1, -0.05) is 24.6 Å². The fraction of sp³-hybridized carbons (Fsp3) is 0.235. The largest absolute Gasteiger partial charge is 0.491 e. The first-order chi connectivity index (χ1) is 10.6. The van der Waals surface area contributed by atoms with Gasteiger partial charge in [0.05, 0.1) is 6.10 Å². The summed E-state index contributed by atoms with van der Waals surface area (Å²) < 4.78 is 5.73. The fourth-order valence-corrected chi connectivity index (χ4v) is 1.92. The molecule has 2 amide bonds. The van der Waals surface area contributed by atoms with Crippen molar-refractivity contribution in [2.75, 3.05) is 10.6 Å². The summed E-state index contributed by atoms with van der Waals surface area (Å²) in [7, 11) is 0. The van der Waals surface area contributed by atoms with Crippen LogP contribution in [-0.4, -0.2) is 12.1 Å². The molecule has 0 radical (unpaired) electrons. The first kappa shape index (κ1) is 16.2. The normalized spacial score (nSPS) is 11.6. The van der Waals surface area contributed by atoms with Gasteiger partial charge in [-0.25, -0.2) is 4.79 Å². The number of ether oxygens (including phenoxy) is 1. The Morgan fingerprint density at radius 2 is 1.82 bits per heavy atom. The molecular formula is C17H19ClN2O2. The zero-order valence-corrected chi connectivity index (χ0v) is 13.4. The minimum atomic E-state index is -0.317. The van der Waals surface area contributed by atoms with Gasteiger partial charge in [0, 0.05) is 22.5 Å². The number of amides is 2. The summed E-state index contributed by atoms with van der Waals surface area (Å²) in [6.07, 6.45) is 1.06. The predicted octanol–water partition coefficient (Wildman–Crippen LogP) is 5.16. The molecule has 4 nitrogen and oxygen atoms in total. The second kappa shape index (κ2) is 7.71. The third kappa shape index (κ3) is 4.97. The van der Waals surface area contributed by atoms with Crippen molar-refractivity contribution < 1.29 is 9.53 Å². The van der Waals surface area contributed by atoms with E-state index in [0.29, 0.717) is 16.4 Å². The van der Waals surface area contributed by atoms with Gasteiger partial charge in [-0.2, -0.15) is 0 Å². The summed E-state index contributed by atoms with van der Waals surface area (Å²) in [6, 6.07) is 13.9. The van der Waals surface area contributed by atoms with Crippen LogP contribution in [0.25, 0.3) is 0 Å². The van der Waals surface area contributed by atoms with Crippen molar-refractivity contribution in [3.8, 4) is 5.75 Å². The molecule has 116 valence electrons. The number of benzene rings is 2. The second-order valence-corrected chi connectivity index (χ2v) is 5.39. The van der Waals surface area contributed by atoms with E-state index in [1.54, 1.807) is 30.3 Å². The van der Waals surface area contributed by atoms with Gasteiger partial charge in [-0.3, -0.25) is 0 Å². The van der Waals surface area contributed by atoms with E-state index in [1.807, 2.05) is 25.1 Å². The van der Waals surface area contributed by atoms with Gasteiger partial charge in [-0.05, 0) is 49.7 Å². The lowest BCUT2D eigenvalue weighted by Crippen LogP contribution is -2.19. The lowest BCUT2D eigenvalue weighted by Gasteiger charge is -2.14. The molecule has 2 rings (SSSR count). The SMILES string of the molecule is CCC(C)Oc1cccc(NC(=O)Nc2ccc(Cl)cc2)c1. The number of hydrogen-bond acceptors (Lipinski definition) is 2. The van der Waals surface area contributed by atoms with Crippen LogP contribution in [0.3, 0.4) is 0 Å². The molecule has 0 bridgehead atoms. The molecule has 0 spiro atoms. The Bertz CT molecular complexity index is 629. The van der Waals surface area contributed by atoms with Gasteiger partial charge in [0.1, 0.15) is 5.75 Å². The zero-order valence-electron chi connectivity index (χ0n) is 12.6. The van der Waals surface area contributed by atoms with E-state index in [1.165, 1.54) is 0 Å². The molecule has 0 aliphatic heterocycles. The van der Waals surface area contributed by atoms with Gasteiger partial charge in [0.25, 0.3) is 0 Å². The monoisotopic (exact) mass is 318 g/mol. The molecule has 5 heteroatoms. The Hall–Kier alpha value is -2.20. The highest BCUT2D eigenvalue weighted by molar-refractivity contribution is 6.30. The molecule has 0 aromatic heterocycles. The predicted molar refractivity (Wildman–Crippen MR) is 90.9 cm³/mol. The number of hydrogen-bond donors (Lipinski definition) is 2. The number of carbonyl (C=O) groups excluding carboxylic acids is 1. The van der Waals surface area contributed by atoms with Crippen LogP contribution in [-0.2, 0) is 0 Å². The Kier molecular flexibility index (Phi) is 5.67.